The van der Waals surface area contributed by atoms with E-state index in [1.807, 2.05) is 60.7 Å². The van der Waals surface area contributed by atoms with E-state index in [2.05, 4.69) is 10.3 Å². The molecule has 0 radical (unpaired) electrons. The van der Waals surface area contributed by atoms with Crippen LogP contribution in [-0.4, -0.2) is 32.5 Å². The van der Waals surface area contributed by atoms with Gasteiger partial charge in [0.2, 0.25) is 0 Å². The van der Waals surface area contributed by atoms with Crippen molar-refractivity contribution in [2.45, 2.75) is 13.0 Å². The number of hydrogen-bond donors (Lipinski definition) is 3. The van der Waals surface area contributed by atoms with E-state index in [9.17, 15) is 4.57 Å². The van der Waals surface area contributed by atoms with Gasteiger partial charge in [0.1, 0.15) is 0 Å². The summed E-state index contributed by atoms with van der Waals surface area (Å²) in [6, 6.07) is 19.9. The van der Waals surface area contributed by atoms with Crippen molar-refractivity contribution in [1.82, 2.24) is 15.3 Å². The maximum Gasteiger partial charge on any atom is 0.325 e. The zero-order valence-corrected chi connectivity index (χ0v) is 15.7. The zero-order chi connectivity index (χ0) is 19.1. The molecule has 0 saturated heterocycles. The number of benzene rings is 2. The Morgan fingerprint density at radius 1 is 0.889 bits per heavy atom. The predicted octanol–water partition coefficient (Wildman–Crippen LogP) is 3.47. The highest BCUT2D eigenvalue weighted by Gasteiger charge is 2.13. The number of aromatic nitrogens is 2. The van der Waals surface area contributed by atoms with E-state index < -0.39 is 7.60 Å². The summed E-state index contributed by atoms with van der Waals surface area (Å²) in [5, 5.41) is 3.17. The minimum atomic E-state index is -3.93. The van der Waals surface area contributed by atoms with Gasteiger partial charge in [0.25, 0.3) is 0 Å². The first-order valence-electron chi connectivity index (χ1n) is 8.75. The Morgan fingerprint density at radius 3 is 2.07 bits per heavy atom. The molecule has 0 aliphatic rings. The molecule has 0 aliphatic carbocycles. The molecular formula is C20H22N3O3P. The topological polar surface area (TPSA) is 95.3 Å². The van der Waals surface area contributed by atoms with Crippen LogP contribution in [0.5, 0.6) is 0 Å². The molecule has 0 bridgehead atoms. The van der Waals surface area contributed by atoms with E-state index in [0.29, 0.717) is 19.5 Å². The lowest BCUT2D eigenvalue weighted by Crippen LogP contribution is -2.17. The largest absolute Gasteiger partial charge is 0.325 e. The highest BCUT2D eigenvalue weighted by atomic mass is 31.2. The summed E-state index contributed by atoms with van der Waals surface area (Å²) in [7, 11) is -3.93. The van der Waals surface area contributed by atoms with Gasteiger partial charge in [-0.15, -0.1) is 0 Å². The second kappa shape index (κ2) is 9.02. The molecule has 3 aromatic rings. The second-order valence-electron chi connectivity index (χ2n) is 6.21. The summed E-state index contributed by atoms with van der Waals surface area (Å²) in [5.74, 6) is 0. The zero-order valence-electron chi connectivity index (χ0n) is 14.8. The Hall–Kier alpha value is -2.37. The van der Waals surface area contributed by atoms with E-state index in [1.54, 1.807) is 6.20 Å². The average molecular weight is 383 g/mol. The fourth-order valence-electron chi connectivity index (χ4n) is 2.74. The lowest BCUT2D eigenvalue weighted by atomic mass is 10.0. The molecule has 2 aromatic carbocycles. The van der Waals surface area contributed by atoms with Crippen molar-refractivity contribution in [2.24, 2.45) is 0 Å². The highest BCUT2D eigenvalue weighted by Crippen LogP contribution is 2.34. The third kappa shape index (κ3) is 5.81. The average Bonchev–Trinajstić information content (AvgIpc) is 2.68. The van der Waals surface area contributed by atoms with Crippen molar-refractivity contribution < 1.29 is 14.4 Å². The smallest absolute Gasteiger partial charge is 0.324 e. The van der Waals surface area contributed by atoms with Crippen LogP contribution in [0.3, 0.4) is 0 Å². The van der Waals surface area contributed by atoms with Gasteiger partial charge in [-0.1, -0.05) is 60.7 Å². The number of nitrogens with zero attached hydrogens (tertiary/aromatic N) is 2. The Labute approximate surface area is 158 Å². The maximum absolute atomic E-state index is 10.9. The standard InChI is InChI=1S/C20H22N3O3P/c24-27(25,26)13-7-12-21-14-18-15-22-19(16-8-3-1-4-9-16)20(23-18)17-10-5-2-6-11-17/h1-6,8-11,15,21H,7,12-14H2,(H2,24,25,26). The van der Waals surface area contributed by atoms with Gasteiger partial charge >= 0.3 is 7.60 Å². The molecule has 140 valence electrons. The Kier molecular flexibility index (Phi) is 6.48. The van der Waals surface area contributed by atoms with Gasteiger partial charge in [-0.3, -0.25) is 9.55 Å². The summed E-state index contributed by atoms with van der Waals surface area (Å²) in [6.07, 6.45) is 2.03. The van der Waals surface area contributed by atoms with Crippen molar-refractivity contribution in [2.75, 3.05) is 12.7 Å². The molecule has 7 heteroatoms. The molecule has 6 nitrogen and oxygen atoms in total. The summed E-state index contributed by atoms with van der Waals surface area (Å²) >= 11 is 0. The van der Waals surface area contributed by atoms with Crippen LogP contribution in [0.2, 0.25) is 0 Å². The van der Waals surface area contributed by atoms with Crippen LogP contribution in [0.15, 0.2) is 66.9 Å². The van der Waals surface area contributed by atoms with Crippen LogP contribution in [0.1, 0.15) is 12.1 Å². The van der Waals surface area contributed by atoms with E-state index >= 15 is 0 Å². The van der Waals surface area contributed by atoms with Crippen LogP contribution in [0.25, 0.3) is 22.5 Å². The first-order chi connectivity index (χ1) is 13.0. The number of nitrogens with one attached hydrogen (secondary N) is 1. The maximum atomic E-state index is 10.9. The van der Waals surface area contributed by atoms with Gasteiger partial charge in [-0.25, -0.2) is 4.98 Å². The van der Waals surface area contributed by atoms with Crippen molar-refractivity contribution in [3.63, 3.8) is 0 Å². The van der Waals surface area contributed by atoms with Crippen LogP contribution < -0.4 is 5.32 Å². The van der Waals surface area contributed by atoms with Gasteiger partial charge in [0, 0.05) is 17.7 Å². The Bertz CT molecular complexity index is 914. The molecular weight excluding hydrogens is 361 g/mol. The first-order valence-corrected chi connectivity index (χ1v) is 10.5. The molecule has 0 atom stereocenters. The van der Waals surface area contributed by atoms with Crippen molar-refractivity contribution >= 4 is 7.60 Å². The van der Waals surface area contributed by atoms with Crippen LogP contribution in [-0.2, 0) is 11.1 Å². The molecule has 3 N–H and O–H groups in total. The minimum Gasteiger partial charge on any atom is -0.324 e. The fourth-order valence-corrected chi connectivity index (χ4v) is 3.31. The lowest BCUT2D eigenvalue weighted by molar-refractivity contribution is 0.371. The number of rotatable bonds is 8. The second-order valence-corrected chi connectivity index (χ2v) is 7.99. The van der Waals surface area contributed by atoms with Gasteiger partial charge in [-0.2, -0.15) is 0 Å². The van der Waals surface area contributed by atoms with Crippen molar-refractivity contribution in [3.05, 3.63) is 72.6 Å². The summed E-state index contributed by atoms with van der Waals surface area (Å²) in [4.78, 5) is 27.2. The van der Waals surface area contributed by atoms with Gasteiger partial charge in [0.15, 0.2) is 0 Å². The summed E-state index contributed by atoms with van der Waals surface area (Å²) < 4.78 is 10.9. The number of hydrogen-bond acceptors (Lipinski definition) is 4. The van der Waals surface area contributed by atoms with E-state index in [1.165, 1.54) is 0 Å². The normalized spacial score (nSPS) is 11.5. The molecule has 0 aliphatic heterocycles. The Balaban J connectivity index is 1.78. The fraction of sp³-hybridized carbons (Fsp3) is 0.200. The molecule has 3 rings (SSSR count). The third-order valence-corrected chi connectivity index (χ3v) is 4.92. The van der Waals surface area contributed by atoms with Crippen molar-refractivity contribution in [3.8, 4) is 22.5 Å². The molecule has 0 fully saturated rings. The van der Waals surface area contributed by atoms with E-state index in [0.717, 1.165) is 28.2 Å². The minimum absolute atomic E-state index is 0.117. The molecule has 0 unspecified atom stereocenters. The van der Waals surface area contributed by atoms with Gasteiger partial charge < -0.3 is 15.1 Å². The van der Waals surface area contributed by atoms with Crippen LogP contribution in [0.4, 0.5) is 0 Å². The van der Waals surface area contributed by atoms with E-state index in [4.69, 9.17) is 14.8 Å². The summed E-state index contributed by atoms with van der Waals surface area (Å²) in [5.41, 5.74) is 4.42. The quantitative estimate of drug-likeness (QED) is 0.407. The SMILES string of the molecule is O=P(O)(O)CCCNCc1cnc(-c2ccccc2)c(-c2ccccc2)n1. The molecule has 0 saturated carbocycles. The van der Waals surface area contributed by atoms with Crippen LogP contribution >= 0.6 is 7.60 Å². The lowest BCUT2D eigenvalue weighted by Gasteiger charge is -2.11. The third-order valence-electron chi connectivity index (χ3n) is 4.03. The molecule has 0 spiro atoms. The predicted molar refractivity (Wildman–Crippen MR) is 106 cm³/mol. The van der Waals surface area contributed by atoms with E-state index in [-0.39, 0.29) is 6.16 Å². The first kappa shape index (κ1) is 19.4. The van der Waals surface area contributed by atoms with Gasteiger partial charge in [0.05, 0.1) is 29.4 Å². The highest BCUT2D eigenvalue weighted by molar-refractivity contribution is 7.51. The monoisotopic (exact) mass is 383 g/mol. The van der Waals surface area contributed by atoms with Crippen molar-refractivity contribution in [1.29, 1.82) is 0 Å². The molecule has 1 aromatic heterocycles. The van der Waals surface area contributed by atoms with Gasteiger partial charge in [-0.05, 0) is 13.0 Å². The Morgan fingerprint density at radius 2 is 1.48 bits per heavy atom. The molecule has 1 heterocycles. The molecule has 27 heavy (non-hydrogen) atoms. The van der Waals surface area contributed by atoms with Crippen LogP contribution in [0, 0.1) is 0 Å². The summed E-state index contributed by atoms with van der Waals surface area (Å²) in [6.45, 7) is 0.997. The molecule has 0 amide bonds.